The summed E-state index contributed by atoms with van der Waals surface area (Å²) in [6.45, 7) is 5.09. The maximum Gasteiger partial charge on any atom is 0.408 e. The maximum absolute atomic E-state index is 12.9. The van der Waals surface area contributed by atoms with Crippen LogP contribution in [0.2, 0.25) is 0 Å². The number of hydrogen-bond acceptors (Lipinski definition) is 5. The molecule has 29 heavy (non-hydrogen) atoms. The van der Waals surface area contributed by atoms with Gasteiger partial charge in [-0.3, -0.25) is 20.0 Å². The standard InChI is InChI=1S/C21H26N4O4/c1-21(2,3)29-20(28)23-17(14-18(22)26)19(27)24-25(15-10-6-4-7-11-15)16-12-8-5-9-13-16/h4-13,17H,14H2,1-3H3,(H2,22,26)(H,23,28)(H,24,27)/t17-/m1/s1. The van der Waals surface area contributed by atoms with Gasteiger partial charge in [0, 0.05) is 0 Å². The van der Waals surface area contributed by atoms with Gasteiger partial charge in [0.05, 0.1) is 17.8 Å². The number of nitrogens with zero attached hydrogens (tertiary/aromatic N) is 1. The number of hydrogen-bond donors (Lipinski definition) is 3. The largest absolute Gasteiger partial charge is 0.444 e. The number of benzene rings is 2. The number of hydrazine groups is 1. The third-order valence-electron chi connectivity index (χ3n) is 3.66. The molecule has 0 aliphatic rings. The third-order valence-corrected chi connectivity index (χ3v) is 3.66. The number of nitrogens with two attached hydrogens (primary N) is 1. The molecule has 0 aromatic heterocycles. The van der Waals surface area contributed by atoms with E-state index in [-0.39, 0.29) is 6.42 Å². The Morgan fingerprint density at radius 2 is 1.45 bits per heavy atom. The van der Waals surface area contributed by atoms with Crippen LogP contribution in [0.4, 0.5) is 16.2 Å². The Balaban J connectivity index is 2.23. The van der Waals surface area contributed by atoms with Crippen molar-refractivity contribution in [2.24, 2.45) is 5.73 Å². The van der Waals surface area contributed by atoms with Gasteiger partial charge in [-0.15, -0.1) is 0 Å². The number of carbonyl (C=O) groups is 3. The Labute approximate surface area is 170 Å². The zero-order valence-electron chi connectivity index (χ0n) is 16.7. The number of alkyl carbamates (subject to hydrolysis) is 1. The minimum Gasteiger partial charge on any atom is -0.444 e. The maximum atomic E-state index is 12.9. The Kier molecular flexibility index (Phi) is 7.19. The lowest BCUT2D eigenvalue weighted by molar-refractivity contribution is -0.127. The van der Waals surface area contributed by atoms with Crippen molar-refractivity contribution in [1.82, 2.24) is 10.7 Å². The molecular weight excluding hydrogens is 372 g/mol. The molecule has 0 aliphatic carbocycles. The van der Waals surface area contributed by atoms with Crippen LogP contribution in [0.5, 0.6) is 0 Å². The van der Waals surface area contributed by atoms with Crippen molar-refractivity contribution in [3.05, 3.63) is 60.7 Å². The number of carbonyl (C=O) groups excluding carboxylic acids is 3. The number of amides is 3. The molecule has 0 unspecified atom stereocenters. The smallest absolute Gasteiger partial charge is 0.408 e. The van der Waals surface area contributed by atoms with Crippen LogP contribution < -0.4 is 21.5 Å². The molecule has 0 radical (unpaired) electrons. The van der Waals surface area contributed by atoms with E-state index in [4.69, 9.17) is 10.5 Å². The highest BCUT2D eigenvalue weighted by molar-refractivity contribution is 5.92. The second-order valence-corrected chi connectivity index (χ2v) is 7.35. The summed E-state index contributed by atoms with van der Waals surface area (Å²) in [5.41, 5.74) is 8.64. The summed E-state index contributed by atoms with van der Waals surface area (Å²) in [5.74, 6) is -1.34. The lowest BCUT2D eigenvalue weighted by Gasteiger charge is -2.28. The number of rotatable bonds is 7. The number of anilines is 2. The molecule has 0 saturated carbocycles. The first-order valence-corrected chi connectivity index (χ1v) is 9.14. The van der Waals surface area contributed by atoms with E-state index in [1.54, 1.807) is 25.8 Å². The molecule has 0 heterocycles. The monoisotopic (exact) mass is 398 g/mol. The van der Waals surface area contributed by atoms with Gasteiger partial charge in [0.25, 0.3) is 5.91 Å². The van der Waals surface area contributed by atoms with Gasteiger partial charge in [-0.05, 0) is 45.0 Å². The molecule has 4 N–H and O–H groups in total. The van der Waals surface area contributed by atoms with Crippen molar-refractivity contribution >= 4 is 29.3 Å². The second-order valence-electron chi connectivity index (χ2n) is 7.35. The molecule has 2 aromatic carbocycles. The molecule has 0 aliphatic heterocycles. The van der Waals surface area contributed by atoms with Crippen molar-refractivity contribution in [2.75, 3.05) is 5.01 Å². The van der Waals surface area contributed by atoms with Crippen LogP contribution >= 0.6 is 0 Å². The van der Waals surface area contributed by atoms with Crippen LogP contribution in [-0.4, -0.2) is 29.6 Å². The number of para-hydroxylation sites is 2. The summed E-state index contributed by atoms with van der Waals surface area (Å²) in [5, 5.41) is 3.97. The van der Waals surface area contributed by atoms with Gasteiger partial charge in [0.1, 0.15) is 11.6 Å². The highest BCUT2D eigenvalue weighted by Crippen LogP contribution is 2.22. The molecule has 0 fully saturated rings. The Bertz CT molecular complexity index is 795. The van der Waals surface area contributed by atoms with Gasteiger partial charge in [-0.25, -0.2) is 4.79 Å². The molecule has 8 nitrogen and oxygen atoms in total. The zero-order chi connectivity index (χ0) is 21.4. The molecule has 1 atom stereocenters. The van der Waals surface area contributed by atoms with E-state index >= 15 is 0 Å². The van der Waals surface area contributed by atoms with Crippen molar-refractivity contribution in [2.45, 2.75) is 38.8 Å². The van der Waals surface area contributed by atoms with Crippen molar-refractivity contribution < 1.29 is 19.1 Å². The minimum atomic E-state index is -1.20. The Morgan fingerprint density at radius 1 is 0.966 bits per heavy atom. The van der Waals surface area contributed by atoms with E-state index in [0.717, 1.165) is 0 Å². The molecule has 3 amide bonds. The van der Waals surface area contributed by atoms with Crippen LogP contribution in [0.25, 0.3) is 0 Å². The van der Waals surface area contributed by atoms with Crippen LogP contribution in [0.15, 0.2) is 60.7 Å². The highest BCUT2D eigenvalue weighted by Gasteiger charge is 2.27. The molecule has 0 saturated heterocycles. The summed E-state index contributed by atoms with van der Waals surface area (Å²) in [4.78, 5) is 36.5. The first-order valence-electron chi connectivity index (χ1n) is 9.14. The first-order chi connectivity index (χ1) is 13.7. The van der Waals surface area contributed by atoms with Gasteiger partial charge in [0.2, 0.25) is 5.91 Å². The molecule has 0 spiro atoms. The summed E-state index contributed by atoms with van der Waals surface area (Å²) in [7, 11) is 0. The third kappa shape index (κ3) is 7.17. The first kappa shape index (κ1) is 21.7. The number of ether oxygens (including phenoxy) is 1. The number of primary amides is 1. The topological polar surface area (TPSA) is 114 Å². The van der Waals surface area contributed by atoms with Gasteiger partial charge < -0.3 is 15.8 Å². The number of nitrogens with one attached hydrogen (secondary N) is 2. The van der Waals surface area contributed by atoms with Crippen molar-refractivity contribution in [1.29, 1.82) is 0 Å². The SMILES string of the molecule is CC(C)(C)OC(=O)N[C@H](CC(N)=O)C(=O)NN(c1ccccc1)c1ccccc1. The lowest BCUT2D eigenvalue weighted by Crippen LogP contribution is -2.53. The fourth-order valence-electron chi connectivity index (χ4n) is 2.48. The minimum absolute atomic E-state index is 0.373. The molecule has 154 valence electrons. The van der Waals surface area contributed by atoms with Crippen LogP contribution in [-0.2, 0) is 14.3 Å². The predicted molar refractivity (Wildman–Crippen MR) is 110 cm³/mol. The van der Waals surface area contributed by atoms with Gasteiger partial charge >= 0.3 is 6.09 Å². The molecule has 2 aromatic rings. The molecule has 8 heteroatoms. The highest BCUT2D eigenvalue weighted by atomic mass is 16.6. The van der Waals surface area contributed by atoms with Gasteiger partial charge in [-0.1, -0.05) is 36.4 Å². The van der Waals surface area contributed by atoms with E-state index in [2.05, 4.69) is 10.7 Å². The van der Waals surface area contributed by atoms with E-state index in [1.807, 2.05) is 60.7 Å². The average Bonchev–Trinajstić information content (AvgIpc) is 2.65. The molecule has 2 rings (SSSR count). The van der Waals surface area contributed by atoms with Crippen LogP contribution in [0.3, 0.4) is 0 Å². The van der Waals surface area contributed by atoms with Crippen molar-refractivity contribution in [3.8, 4) is 0 Å². The lowest BCUT2D eigenvalue weighted by atomic mass is 10.2. The second kappa shape index (κ2) is 9.59. The van der Waals surface area contributed by atoms with E-state index < -0.39 is 29.6 Å². The molecule has 0 bridgehead atoms. The summed E-state index contributed by atoms with van der Waals surface area (Å²) >= 11 is 0. The van der Waals surface area contributed by atoms with E-state index in [0.29, 0.717) is 11.4 Å². The fraction of sp³-hybridized carbons (Fsp3) is 0.286. The van der Waals surface area contributed by atoms with Gasteiger partial charge in [-0.2, -0.15) is 0 Å². The summed E-state index contributed by atoms with van der Waals surface area (Å²) in [6.07, 6.45) is -1.19. The summed E-state index contributed by atoms with van der Waals surface area (Å²) < 4.78 is 5.18. The summed E-state index contributed by atoms with van der Waals surface area (Å²) in [6, 6.07) is 17.1. The average molecular weight is 398 g/mol. The van der Waals surface area contributed by atoms with Gasteiger partial charge in [0.15, 0.2) is 0 Å². The quantitative estimate of drug-likeness (QED) is 0.621. The van der Waals surface area contributed by atoms with E-state index in [1.165, 1.54) is 0 Å². The normalized spacial score (nSPS) is 11.8. The van der Waals surface area contributed by atoms with Crippen molar-refractivity contribution in [3.63, 3.8) is 0 Å². The molecular formula is C21H26N4O4. The van der Waals surface area contributed by atoms with Crippen LogP contribution in [0, 0.1) is 0 Å². The Hall–Kier alpha value is -3.55. The fourth-order valence-corrected chi connectivity index (χ4v) is 2.48. The van der Waals surface area contributed by atoms with Crippen LogP contribution in [0.1, 0.15) is 27.2 Å². The Morgan fingerprint density at radius 3 is 1.86 bits per heavy atom. The zero-order valence-corrected chi connectivity index (χ0v) is 16.7. The van der Waals surface area contributed by atoms with E-state index in [9.17, 15) is 14.4 Å². The predicted octanol–water partition coefficient (Wildman–Crippen LogP) is 2.62.